The zero-order valence-corrected chi connectivity index (χ0v) is 12.7. The largest absolute Gasteiger partial charge is 0.468 e. The van der Waals surface area contributed by atoms with Gasteiger partial charge in [0.15, 0.2) is 6.17 Å². The van der Waals surface area contributed by atoms with Crippen LogP contribution in [0.25, 0.3) is 0 Å². The van der Waals surface area contributed by atoms with Crippen molar-refractivity contribution in [2.45, 2.75) is 34.3 Å². The quantitative estimate of drug-likeness (QED) is 0.253. The van der Waals surface area contributed by atoms with Crippen LogP contribution in [0.3, 0.4) is 0 Å². The lowest BCUT2D eigenvalue weighted by atomic mass is 9.91. The van der Waals surface area contributed by atoms with Gasteiger partial charge in [-0.15, -0.1) is 0 Å². The second-order valence-electron chi connectivity index (χ2n) is 4.09. The Labute approximate surface area is 134 Å². The average molecular weight is 482 g/mol. The van der Waals surface area contributed by atoms with E-state index in [1.165, 1.54) is 0 Å². The third-order valence-electron chi connectivity index (χ3n) is 2.56. The first kappa shape index (κ1) is 22.4. The normalized spacial score (nSPS) is 18.3. The van der Waals surface area contributed by atoms with E-state index in [1.807, 2.05) is 0 Å². The Morgan fingerprint density at radius 3 is 1.61 bits per heavy atom. The van der Waals surface area contributed by atoms with E-state index in [9.17, 15) is 53.1 Å². The summed E-state index contributed by atoms with van der Waals surface area (Å²) in [6.07, 6.45) is -18.1. The molecule has 0 aliphatic carbocycles. The predicted octanol–water partition coefficient (Wildman–Crippen LogP) is 4.31. The van der Waals surface area contributed by atoms with Gasteiger partial charge in [0.25, 0.3) is 0 Å². The number of hydrogen-bond donors (Lipinski definition) is 0. The van der Waals surface area contributed by atoms with Crippen LogP contribution in [0, 0.1) is 5.92 Å². The number of methoxy groups -OCH3 is 1. The van der Waals surface area contributed by atoms with E-state index in [1.54, 1.807) is 0 Å². The third kappa shape index (κ3) is 4.29. The molecule has 0 N–H and O–H groups in total. The van der Waals surface area contributed by atoms with Gasteiger partial charge in [-0.3, -0.25) is 4.79 Å². The van der Waals surface area contributed by atoms with Gasteiger partial charge >= 0.3 is 30.2 Å². The maximum atomic E-state index is 13.5. The molecule has 0 radical (unpaired) electrons. The van der Waals surface area contributed by atoms with Crippen LogP contribution < -0.4 is 0 Å². The highest BCUT2D eigenvalue weighted by atomic mass is 127. The maximum absolute atomic E-state index is 13.5. The van der Waals surface area contributed by atoms with Crippen molar-refractivity contribution in [2.24, 2.45) is 5.92 Å². The highest BCUT2D eigenvalue weighted by Crippen LogP contribution is 2.53. The van der Waals surface area contributed by atoms with Gasteiger partial charge in [-0.1, -0.05) is 22.6 Å². The molecule has 14 heteroatoms. The Bertz CT molecular complexity index is 430. The lowest BCUT2D eigenvalue weighted by molar-refractivity contribution is -0.374. The molecule has 3 unspecified atom stereocenters. The van der Waals surface area contributed by atoms with Gasteiger partial charge in [-0.25, -0.2) is 4.39 Å². The molecule has 0 aliphatic rings. The van der Waals surface area contributed by atoms with E-state index in [2.05, 4.69) is 4.74 Å². The van der Waals surface area contributed by atoms with Gasteiger partial charge in [0.1, 0.15) is 9.84 Å². The molecule has 138 valence electrons. The smallest absolute Gasteiger partial charge is 0.459 e. The lowest BCUT2D eigenvalue weighted by Crippen LogP contribution is -2.61. The van der Waals surface area contributed by atoms with Crippen molar-refractivity contribution in [2.75, 3.05) is 7.11 Å². The van der Waals surface area contributed by atoms with Crippen molar-refractivity contribution >= 4 is 28.6 Å². The van der Waals surface area contributed by atoms with Crippen molar-refractivity contribution in [3.05, 3.63) is 0 Å². The standard InChI is InChI=1S/C9H6F11IO2/c1-23-5(22)3(21)2(7(13,14)15)4(10)6(11,12)8(16,17)9(18,19)20/h2-4H,1H3. The molecule has 2 nitrogen and oxygen atoms in total. The average Bonchev–Trinajstić information content (AvgIpc) is 2.34. The second kappa shape index (κ2) is 6.74. The molecule has 0 saturated heterocycles. The summed E-state index contributed by atoms with van der Waals surface area (Å²) in [7, 11) is 0.483. The molecule has 0 spiro atoms. The van der Waals surface area contributed by atoms with E-state index in [0.717, 1.165) is 0 Å². The summed E-state index contributed by atoms with van der Waals surface area (Å²) in [6, 6.07) is 0. The van der Waals surface area contributed by atoms with Crippen molar-refractivity contribution in [3.8, 4) is 0 Å². The van der Waals surface area contributed by atoms with Gasteiger partial charge in [-0.2, -0.15) is 43.9 Å². The Hall–Kier alpha value is -0.570. The minimum absolute atomic E-state index is 0.465. The summed E-state index contributed by atoms with van der Waals surface area (Å²) >= 11 is 0.465. The summed E-state index contributed by atoms with van der Waals surface area (Å²) in [5.74, 6) is -19.9. The van der Waals surface area contributed by atoms with Crippen LogP contribution in [0.15, 0.2) is 0 Å². The molecule has 23 heavy (non-hydrogen) atoms. The van der Waals surface area contributed by atoms with E-state index < -0.39 is 46.2 Å². The Balaban J connectivity index is 5.98. The predicted molar refractivity (Wildman–Crippen MR) is 60.2 cm³/mol. The zero-order valence-electron chi connectivity index (χ0n) is 10.6. The summed E-state index contributed by atoms with van der Waals surface area (Å²) in [5.41, 5.74) is 0. The van der Waals surface area contributed by atoms with Crippen LogP contribution in [0.4, 0.5) is 48.3 Å². The summed E-state index contributed by atoms with van der Waals surface area (Å²) < 4.78 is 139. The first-order valence-corrected chi connectivity index (χ1v) is 6.42. The number of carbonyl (C=O) groups is 1. The van der Waals surface area contributed by atoms with Crippen LogP contribution in [0.1, 0.15) is 0 Å². The minimum Gasteiger partial charge on any atom is -0.468 e. The van der Waals surface area contributed by atoms with Gasteiger partial charge < -0.3 is 4.74 Å². The zero-order chi connectivity index (χ0) is 19.0. The SMILES string of the molecule is COC(=O)C(I)C(C(F)C(F)(F)C(F)(F)C(F)(F)F)C(F)(F)F. The van der Waals surface area contributed by atoms with Gasteiger partial charge in [-0.05, 0) is 0 Å². The molecule has 0 aromatic carbocycles. The van der Waals surface area contributed by atoms with Gasteiger partial charge in [0.2, 0.25) is 0 Å². The fourth-order valence-corrected chi connectivity index (χ4v) is 2.35. The van der Waals surface area contributed by atoms with E-state index >= 15 is 0 Å². The topological polar surface area (TPSA) is 26.3 Å². The molecule has 0 bridgehead atoms. The fraction of sp³-hybridized carbons (Fsp3) is 0.889. The molecule has 0 fully saturated rings. The maximum Gasteiger partial charge on any atom is 0.459 e. The monoisotopic (exact) mass is 482 g/mol. The van der Waals surface area contributed by atoms with Crippen molar-refractivity contribution in [3.63, 3.8) is 0 Å². The molecular formula is C9H6F11IO2. The number of esters is 1. The highest BCUT2D eigenvalue weighted by Gasteiger charge is 2.78. The van der Waals surface area contributed by atoms with E-state index in [4.69, 9.17) is 0 Å². The number of carbonyl (C=O) groups excluding carboxylic acids is 1. The van der Waals surface area contributed by atoms with Crippen LogP contribution in [0.5, 0.6) is 0 Å². The molecule has 0 rings (SSSR count). The van der Waals surface area contributed by atoms with Crippen LogP contribution in [0.2, 0.25) is 0 Å². The van der Waals surface area contributed by atoms with Crippen LogP contribution >= 0.6 is 22.6 Å². The second-order valence-corrected chi connectivity index (χ2v) is 5.43. The molecule has 0 aromatic rings. The lowest BCUT2D eigenvalue weighted by Gasteiger charge is -2.35. The fourth-order valence-electron chi connectivity index (χ4n) is 1.33. The summed E-state index contributed by atoms with van der Waals surface area (Å²) in [5, 5.41) is 0. The van der Waals surface area contributed by atoms with Crippen LogP contribution in [-0.4, -0.2) is 47.4 Å². The molecule has 0 amide bonds. The molecule has 0 aliphatic heterocycles. The highest BCUT2D eigenvalue weighted by molar-refractivity contribution is 14.1. The number of rotatable bonds is 5. The van der Waals surface area contributed by atoms with Crippen LogP contribution in [-0.2, 0) is 9.53 Å². The first-order valence-electron chi connectivity index (χ1n) is 5.18. The van der Waals surface area contributed by atoms with E-state index in [-0.39, 0.29) is 0 Å². The van der Waals surface area contributed by atoms with Crippen molar-refractivity contribution < 1.29 is 57.8 Å². The number of halogens is 12. The Kier molecular flexibility index (Phi) is 6.57. The van der Waals surface area contributed by atoms with Crippen molar-refractivity contribution in [1.82, 2.24) is 0 Å². The Morgan fingerprint density at radius 1 is 0.957 bits per heavy atom. The van der Waals surface area contributed by atoms with Gasteiger partial charge in [0, 0.05) is 0 Å². The molecule has 0 aromatic heterocycles. The number of hydrogen-bond acceptors (Lipinski definition) is 2. The third-order valence-corrected chi connectivity index (χ3v) is 3.84. The molecule has 0 saturated carbocycles. The van der Waals surface area contributed by atoms with Crippen molar-refractivity contribution in [1.29, 1.82) is 0 Å². The Morgan fingerprint density at radius 2 is 1.35 bits per heavy atom. The van der Waals surface area contributed by atoms with Gasteiger partial charge in [0.05, 0.1) is 7.11 Å². The number of alkyl halides is 12. The van der Waals surface area contributed by atoms with E-state index in [0.29, 0.717) is 29.7 Å². The molecular weight excluding hydrogens is 476 g/mol. The first-order chi connectivity index (χ1) is 9.92. The number of ether oxygens (including phenoxy) is 1. The summed E-state index contributed by atoms with van der Waals surface area (Å²) in [4.78, 5) is 10.9. The molecule has 3 atom stereocenters. The molecule has 0 heterocycles. The minimum atomic E-state index is -7.09. The summed E-state index contributed by atoms with van der Waals surface area (Å²) in [6.45, 7) is 0.